The van der Waals surface area contributed by atoms with E-state index in [1.165, 1.54) is 64.2 Å². The molecule has 0 aromatic carbocycles. The Morgan fingerprint density at radius 2 is 0.908 bits per heavy atom. The minimum absolute atomic E-state index is 0.250. The molecule has 2 heterocycles. The van der Waals surface area contributed by atoms with Crippen LogP contribution in [0.5, 0.6) is 0 Å². The van der Waals surface area contributed by atoms with Crippen molar-refractivity contribution in [3.05, 3.63) is 97.2 Å². The summed E-state index contributed by atoms with van der Waals surface area (Å²) in [7, 11) is 0. The Morgan fingerprint density at radius 3 is 1.39 bits per heavy atom. The monoisotopic (exact) mass is 1070 g/mol. The zero-order chi connectivity index (χ0) is 55.3. The molecule has 0 aromatic heterocycles. The Balaban J connectivity index is 1.58. The lowest BCUT2D eigenvalue weighted by Crippen LogP contribution is -2.65. The highest BCUT2D eigenvalue weighted by molar-refractivity contribution is 5.76. The summed E-state index contributed by atoms with van der Waals surface area (Å²) in [6.07, 6.45) is 47.9. The van der Waals surface area contributed by atoms with Crippen molar-refractivity contribution in [3.8, 4) is 0 Å². The third-order valence-electron chi connectivity index (χ3n) is 13.8. The van der Waals surface area contributed by atoms with Crippen LogP contribution in [0.4, 0.5) is 0 Å². The fraction of sp³-hybridized carbons (Fsp3) is 0.726. The average Bonchev–Trinajstić information content (AvgIpc) is 3.42. The van der Waals surface area contributed by atoms with Crippen molar-refractivity contribution in [2.45, 2.75) is 267 Å². The van der Waals surface area contributed by atoms with Gasteiger partial charge in [-0.05, 0) is 77.0 Å². The Morgan fingerprint density at radius 1 is 0.487 bits per heavy atom. The second-order valence-electron chi connectivity index (χ2n) is 20.4. The number of aliphatic hydroxyl groups excluding tert-OH is 8. The van der Waals surface area contributed by atoms with Crippen LogP contribution in [0.15, 0.2) is 97.2 Å². The molecular formula is C62H105NO13. The number of hydrogen-bond acceptors (Lipinski definition) is 13. The lowest BCUT2D eigenvalue weighted by atomic mass is 9.97. The number of unbranched alkanes of at least 4 members (excludes halogenated alkanes) is 18. The molecule has 9 N–H and O–H groups in total. The fourth-order valence-corrected chi connectivity index (χ4v) is 9.03. The second kappa shape index (κ2) is 46.8. The normalized spacial score (nSPS) is 25.6. The maximum absolute atomic E-state index is 13.2. The van der Waals surface area contributed by atoms with Gasteiger partial charge in [-0.2, -0.15) is 0 Å². The Kier molecular flexibility index (Phi) is 42.5. The Hall–Kier alpha value is -3.09. The van der Waals surface area contributed by atoms with E-state index < -0.39 is 86.8 Å². The number of carbonyl (C=O) groups excluding carboxylic acids is 1. The first-order valence-corrected chi connectivity index (χ1v) is 29.5. The van der Waals surface area contributed by atoms with Gasteiger partial charge in [0.2, 0.25) is 5.91 Å². The lowest BCUT2D eigenvalue weighted by Gasteiger charge is -2.46. The van der Waals surface area contributed by atoms with Gasteiger partial charge in [0.15, 0.2) is 12.6 Å². The maximum Gasteiger partial charge on any atom is 0.220 e. The fourth-order valence-electron chi connectivity index (χ4n) is 9.03. The average molecular weight is 1070 g/mol. The van der Waals surface area contributed by atoms with Gasteiger partial charge in [0.05, 0.1) is 32.0 Å². The minimum Gasteiger partial charge on any atom is -0.394 e. The highest BCUT2D eigenvalue weighted by atomic mass is 16.7. The molecule has 436 valence electrons. The second-order valence-corrected chi connectivity index (χ2v) is 20.4. The minimum atomic E-state index is -1.79. The predicted molar refractivity (Wildman–Crippen MR) is 304 cm³/mol. The number of ether oxygens (including phenoxy) is 4. The van der Waals surface area contributed by atoms with Crippen LogP contribution in [0.1, 0.15) is 194 Å². The van der Waals surface area contributed by atoms with E-state index in [0.717, 1.165) is 103 Å². The molecule has 2 rings (SSSR count). The quantitative estimate of drug-likeness (QED) is 0.0205. The molecule has 0 saturated carbocycles. The number of amides is 1. The molecule has 2 aliphatic heterocycles. The molecule has 0 aliphatic carbocycles. The number of allylic oxidation sites excluding steroid dienone is 15. The van der Waals surface area contributed by atoms with Gasteiger partial charge in [-0.3, -0.25) is 4.79 Å². The van der Waals surface area contributed by atoms with E-state index in [4.69, 9.17) is 18.9 Å². The van der Waals surface area contributed by atoms with Crippen LogP contribution >= 0.6 is 0 Å². The third-order valence-corrected chi connectivity index (χ3v) is 13.8. The number of aliphatic hydroxyl groups is 8. The smallest absolute Gasteiger partial charge is 0.220 e. The maximum atomic E-state index is 13.2. The first-order chi connectivity index (χ1) is 37.1. The third kappa shape index (κ3) is 32.1. The molecule has 0 radical (unpaired) electrons. The molecule has 2 aliphatic rings. The molecule has 1 amide bonds. The molecule has 14 nitrogen and oxygen atoms in total. The van der Waals surface area contributed by atoms with Crippen molar-refractivity contribution in [2.24, 2.45) is 0 Å². The van der Waals surface area contributed by atoms with E-state index in [9.17, 15) is 45.6 Å². The van der Waals surface area contributed by atoms with Crippen molar-refractivity contribution < 1.29 is 64.6 Å². The topological polar surface area (TPSA) is 228 Å². The summed E-state index contributed by atoms with van der Waals surface area (Å²) in [6.45, 7) is 2.59. The van der Waals surface area contributed by atoms with E-state index in [2.05, 4.69) is 104 Å². The van der Waals surface area contributed by atoms with Gasteiger partial charge in [0.1, 0.15) is 48.8 Å². The summed E-state index contributed by atoms with van der Waals surface area (Å²) in [5.74, 6) is -0.250. The SMILES string of the molecule is CC/C=C\C/C=C\C/C=C\C/C=C\C/C=C\C/C=C\C/C=C\CCCCCCCCCCCCCCCC(=O)NC(COC1OC(CO)C(OC2OC(CO)C(O)C(O)C2O)C(O)C1O)C(O)/C=C/CCCCCCC. The van der Waals surface area contributed by atoms with Crippen LogP contribution in [0.25, 0.3) is 0 Å². The van der Waals surface area contributed by atoms with Gasteiger partial charge in [-0.15, -0.1) is 0 Å². The van der Waals surface area contributed by atoms with E-state index in [-0.39, 0.29) is 18.9 Å². The molecule has 0 spiro atoms. The van der Waals surface area contributed by atoms with Crippen LogP contribution < -0.4 is 5.32 Å². The first-order valence-electron chi connectivity index (χ1n) is 29.5. The summed E-state index contributed by atoms with van der Waals surface area (Å²) in [5.41, 5.74) is 0. The zero-order valence-corrected chi connectivity index (χ0v) is 46.7. The number of hydrogen-bond donors (Lipinski definition) is 9. The van der Waals surface area contributed by atoms with Crippen LogP contribution in [-0.4, -0.2) is 140 Å². The lowest BCUT2D eigenvalue weighted by molar-refractivity contribution is -0.359. The molecular weight excluding hydrogens is 967 g/mol. The van der Waals surface area contributed by atoms with Crippen LogP contribution in [-0.2, 0) is 23.7 Å². The van der Waals surface area contributed by atoms with Crippen molar-refractivity contribution >= 4 is 5.91 Å². The van der Waals surface area contributed by atoms with E-state index in [0.29, 0.717) is 6.42 Å². The van der Waals surface area contributed by atoms with Crippen LogP contribution in [0.2, 0.25) is 0 Å². The molecule has 76 heavy (non-hydrogen) atoms. The van der Waals surface area contributed by atoms with E-state index in [1.807, 2.05) is 6.08 Å². The number of carbonyl (C=O) groups is 1. The molecule has 0 bridgehead atoms. The van der Waals surface area contributed by atoms with Gasteiger partial charge in [0, 0.05) is 6.42 Å². The summed E-state index contributed by atoms with van der Waals surface area (Å²) < 4.78 is 22.6. The molecule has 2 fully saturated rings. The van der Waals surface area contributed by atoms with E-state index in [1.54, 1.807) is 6.08 Å². The summed E-state index contributed by atoms with van der Waals surface area (Å²) >= 11 is 0. The van der Waals surface area contributed by atoms with Crippen molar-refractivity contribution in [3.63, 3.8) is 0 Å². The Labute approximate surface area is 458 Å². The largest absolute Gasteiger partial charge is 0.394 e. The van der Waals surface area contributed by atoms with Gasteiger partial charge < -0.3 is 65.1 Å². The highest BCUT2D eigenvalue weighted by Gasteiger charge is 2.51. The van der Waals surface area contributed by atoms with Gasteiger partial charge in [-0.1, -0.05) is 207 Å². The molecule has 12 unspecified atom stereocenters. The van der Waals surface area contributed by atoms with Crippen LogP contribution in [0.3, 0.4) is 0 Å². The summed E-state index contributed by atoms with van der Waals surface area (Å²) in [4.78, 5) is 13.2. The van der Waals surface area contributed by atoms with E-state index >= 15 is 0 Å². The molecule has 0 aromatic rings. The molecule has 12 atom stereocenters. The predicted octanol–water partition coefficient (Wildman–Crippen LogP) is 9.88. The highest BCUT2D eigenvalue weighted by Crippen LogP contribution is 2.30. The Bertz CT molecular complexity index is 1640. The number of rotatable bonds is 45. The van der Waals surface area contributed by atoms with Crippen molar-refractivity contribution in [2.75, 3.05) is 19.8 Å². The van der Waals surface area contributed by atoms with Gasteiger partial charge in [-0.25, -0.2) is 0 Å². The summed E-state index contributed by atoms with van der Waals surface area (Å²) in [6, 6.07) is -0.917. The van der Waals surface area contributed by atoms with Gasteiger partial charge in [0.25, 0.3) is 0 Å². The first kappa shape index (κ1) is 69.0. The van der Waals surface area contributed by atoms with Gasteiger partial charge >= 0.3 is 0 Å². The van der Waals surface area contributed by atoms with Crippen LogP contribution in [0, 0.1) is 0 Å². The number of nitrogens with one attached hydrogen (secondary N) is 1. The molecule has 14 heteroatoms. The molecule has 2 saturated heterocycles. The van der Waals surface area contributed by atoms with Crippen molar-refractivity contribution in [1.29, 1.82) is 0 Å². The zero-order valence-electron chi connectivity index (χ0n) is 46.7. The summed E-state index contributed by atoms with van der Waals surface area (Å²) in [5, 5.41) is 86.6. The van der Waals surface area contributed by atoms with Crippen molar-refractivity contribution in [1.82, 2.24) is 5.32 Å². The standard InChI is InChI=1S/C62H105NO13/c1-3-5-7-9-11-12-13-14-15-16-17-18-19-20-21-22-23-24-25-26-27-28-29-30-31-32-33-34-35-36-37-38-40-42-44-46-54(67)63-50(51(66)45-43-41-39-10-8-6-4-2)49-73-61-59(72)57(70)60(53(48-65)75-61)76-62-58(71)56(69)55(68)52(47-64)74-62/h5,7,11-12,14-15,17-18,20-21,23-24,26-27,43,45,50-53,55-62,64-66,68-72H,3-4,6,8-10,13,16,19,22,25,28-42,44,46-49H2,1-2H3,(H,63,67)/b7-5-,12-11-,15-14-,18-17-,21-20-,24-23-,27-26-,45-43+.